The summed E-state index contributed by atoms with van der Waals surface area (Å²) >= 11 is 1.72. The maximum Gasteiger partial charge on any atom is 0.217 e. The molecule has 7 heteroatoms. The monoisotopic (exact) mass is 382 g/mol. The van der Waals surface area contributed by atoms with E-state index < -0.39 is 0 Å². The zero-order chi connectivity index (χ0) is 18.3. The smallest absolute Gasteiger partial charge is 0.217 e. The highest BCUT2D eigenvalue weighted by Gasteiger charge is 2.43. The Morgan fingerprint density at radius 1 is 1.30 bits per heavy atom. The van der Waals surface area contributed by atoms with E-state index in [0.29, 0.717) is 12.5 Å². The predicted octanol–water partition coefficient (Wildman–Crippen LogP) is 3.19. The van der Waals surface area contributed by atoms with Crippen LogP contribution in [0, 0.1) is 0 Å². The number of fused-ring (bicyclic) bond motifs is 1. The Morgan fingerprint density at radius 2 is 2.26 bits per heavy atom. The number of imidazole rings is 1. The molecular formula is C20H22N4O2S. The number of nitrogens with zero attached hydrogens (tertiary/aromatic N) is 4. The SMILES string of the molecule is COc1ncccc1CN1CC[C@@]2(C1)Cn1c(-c3ccsc3)cnc1CO2. The lowest BCUT2D eigenvalue weighted by molar-refractivity contribution is -0.0821. The van der Waals surface area contributed by atoms with Gasteiger partial charge in [0.05, 0.1) is 25.5 Å². The summed E-state index contributed by atoms with van der Waals surface area (Å²) in [6, 6.07) is 6.21. The molecule has 5 heterocycles. The van der Waals surface area contributed by atoms with Crippen molar-refractivity contribution in [3.05, 3.63) is 52.7 Å². The van der Waals surface area contributed by atoms with E-state index in [1.54, 1.807) is 24.6 Å². The van der Waals surface area contributed by atoms with Gasteiger partial charge in [0.2, 0.25) is 5.88 Å². The van der Waals surface area contributed by atoms with Crippen LogP contribution in [-0.4, -0.2) is 45.2 Å². The van der Waals surface area contributed by atoms with E-state index in [4.69, 9.17) is 9.47 Å². The third-order valence-electron chi connectivity index (χ3n) is 5.54. The molecule has 2 aliphatic rings. The molecule has 3 aromatic rings. The molecule has 2 aliphatic heterocycles. The molecule has 0 bridgehead atoms. The van der Waals surface area contributed by atoms with E-state index in [1.807, 2.05) is 12.3 Å². The van der Waals surface area contributed by atoms with Crippen LogP contribution in [0.15, 0.2) is 41.4 Å². The number of hydrogen-bond acceptors (Lipinski definition) is 6. The summed E-state index contributed by atoms with van der Waals surface area (Å²) in [7, 11) is 1.67. The summed E-state index contributed by atoms with van der Waals surface area (Å²) < 4.78 is 14.1. The number of aromatic nitrogens is 3. The van der Waals surface area contributed by atoms with Crippen molar-refractivity contribution in [3.8, 4) is 17.1 Å². The quantitative estimate of drug-likeness (QED) is 0.694. The molecule has 0 radical (unpaired) electrons. The normalized spacial score (nSPS) is 22.3. The van der Waals surface area contributed by atoms with Crippen molar-refractivity contribution in [1.29, 1.82) is 0 Å². The van der Waals surface area contributed by atoms with E-state index in [-0.39, 0.29) is 5.60 Å². The van der Waals surface area contributed by atoms with Gasteiger partial charge in [0.25, 0.3) is 0 Å². The van der Waals surface area contributed by atoms with Gasteiger partial charge in [0, 0.05) is 42.3 Å². The number of likely N-dealkylation sites (tertiary alicyclic amines) is 1. The molecule has 0 aliphatic carbocycles. The third-order valence-corrected chi connectivity index (χ3v) is 6.22. The summed E-state index contributed by atoms with van der Waals surface area (Å²) in [4.78, 5) is 11.3. The Labute approximate surface area is 162 Å². The summed E-state index contributed by atoms with van der Waals surface area (Å²) in [5.41, 5.74) is 3.41. The lowest BCUT2D eigenvalue weighted by atomic mass is 10.0. The lowest BCUT2D eigenvalue weighted by Gasteiger charge is -2.35. The fraction of sp³-hybridized carbons (Fsp3) is 0.400. The van der Waals surface area contributed by atoms with Crippen LogP contribution in [0.25, 0.3) is 11.3 Å². The molecular weight excluding hydrogens is 360 g/mol. The fourth-order valence-electron chi connectivity index (χ4n) is 4.18. The summed E-state index contributed by atoms with van der Waals surface area (Å²) in [5.74, 6) is 1.73. The highest BCUT2D eigenvalue weighted by atomic mass is 32.1. The van der Waals surface area contributed by atoms with Crippen molar-refractivity contribution >= 4 is 11.3 Å². The van der Waals surface area contributed by atoms with Crippen LogP contribution in [0.4, 0.5) is 0 Å². The molecule has 6 nitrogen and oxygen atoms in total. The first-order valence-electron chi connectivity index (χ1n) is 9.17. The average molecular weight is 382 g/mol. The van der Waals surface area contributed by atoms with Gasteiger partial charge in [0.15, 0.2) is 0 Å². The number of hydrogen-bond donors (Lipinski definition) is 0. The minimum absolute atomic E-state index is 0.145. The molecule has 1 atom stereocenters. The number of rotatable bonds is 4. The minimum Gasteiger partial charge on any atom is -0.481 e. The molecule has 1 spiro atoms. The Bertz CT molecular complexity index is 939. The topological polar surface area (TPSA) is 52.4 Å². The van der Waals surface area contributed by atoms with E-state index in [9.17, 15) is 0 Å². The number of ether oxygens (including phenoxy) is 2. The van der Waals surface area contributed by atoms with Crippen LogP contribution < -0.4 is 4.74 Å². The first kappa shape index (κ1) is 16.9. The van der Waals surface area contributed by atoms with Crippen molar-refractivity contribution in [2.45, 2.75) is 31.7 Å². The van der Waals surface area contributed by atoms with Gasteiger partial charge in [-0.05, 0) is 23.9 Å². The lowest BCUT2D eigenvalue weighted by Crippen LogP contribution is -2.44. The molecule has 5 rings (SSSR count). The van der Waals surface area contributed by atoms with Crippen LogP contribution in [-0.2, 0) is 24.4 Å². The second-order valence-corrected chi connectivity index (χ2v) is 8.04. The molecule has 1 saturated heterocycles. The maximum absolute atomic E-state index is 6.34. The molecule has 1 fully saturated rings. The Morgan fingerprint density at radius 3 is 3.11 bits per heavy atom. The zero-order valence-electron chi connectivity index (χ0n) is 15.3. The van der Waals surface area contributed by atoms with Crippen molar-refractivity contribution in [2.75, 3.05) is 20.2 Å². The maximum atomic E-state index is 6.34. The second-order valence-electron chi connectivity index (χ2n) is 7.26. The molecule has 0 aromatic carbocycles. The van der Waals surface area contributed by atoms with Gasteiger partial charge < -0.3 is 14.0 Å². The van der Waals surface area contributed by atoms with Gasteiger partial charge in [-0.15, -0.1) is 0 Å². The van der Waals surface area contributed by atoms with Crippen molar-refractivity contribution < 1.29 is 9.47 Å². The molecule has 27 heavy (non-hydrogen) atoms. The second kappa shape index (κ2) is 6.74. The summed E-state index contributed by atoms with van der Waals surface area (Å²) in [6.07, 6.45) is 4.77. The summed E-state index contributed by atoms with van der Waals surface area (Å²) in [5, 5.41) is 4.30. The van der Waals surface area contributed by atoms with Crippen LogP contribution >= 0.6 is 11.3 Å². The minimum atomic E-state index is -0.145. The Balaban J connectivity index is 1.35. The number of methoxy groups -OCH3 is 1. The molecule has 0 saturated carbocycles. The number of pyridine rings is 1. The third kappa shape index (κ3) is 3.05. The van der Waals surface area contributed by atoms with Crippen LogP contribution in [0.3, 0.4) is 0 Å². The Kier molecular flexibility index (Phi) is 4.22. The van der Waals surface area contributed by atoms with Gasteiger partial charge in [0.1, 0.15) is 18.0 Å². The van der Waals surface area contributed by atoms with Gasteiger partial charge in [-0.2, -0.15) is 11.3 Å². The molecule has 0 unspecified atom stereocenters. The predicted molar refractivity (Wildman–Crippen MR) is 104 cm³/mol. The van der Waals surface area contributed by atoms with E-state index in [2.05, 4.69) is 42.3 Å². The first-order chi connectivity index (χ1) is 13.3. The van der Waals surface area contributed by atoms with Crippen molar-refractivity contribution in [1.82, 2.24) is 19.4 Å². The summed E-state index contributed by atoms with van der Waals surface area (Å²) in [6.45, 7) is 4.18. The van der Waals surface area contributed by atoms with Crippen molar-refractivity contribution in [3.63, 3.8) is 0 Å². The van der Waals surface area contributed by atoms with Crippen molar-refractivity contribution in [2.24, 2.45) is 0 Å². The first-order valence-corrected chi connectivity index (χ1v) is 10.1. The van der Waals surface area contributed by atoms with E-state index in [1.165, 1.54) is 11.3 Å². The van der Waals surface area contributed by atoms with Gasteiger partial charge in [-0.25, -0.2) is 9.97 Å². The zero-order valence-corrected chi connectivity index (χ0v) is 16.1. The van der Waals surface area contributed by atoms with Crippen LogP contribution in [0.5, 0.6) is 5.88 Å². The molecule has 3 aromatic heterocycles. The standard InChI is InChI=1S/C20H22N4O2S/c1-25-19-15(3-2-6-21-19)10-23-7-5-20(13-23)14-24-17(16-4-8-27-12-16)9-22-18(24)11-26-20/h2-4,6,8-9,12H,5,7,10-11,13-14H2,1H3/t20-/m1/s1. The van der Waals surface area contributed by atoms with Gasteiger partial charge in [-0.3, -0.25) is 4.90 Å². The largest absolute Gasteiger partial charge is 0.481 e. The average Bonchev–Trinajstić information content (AvgIpc) is 3.43. The van der Waals surface area contributed by atoms with Gasteiger partial charge in [-0.1, -0.05) is 6.07 Å². The van der Waals surface area contributed by atoms with E-state index >= 15 is 0 Å². The highest BCUT2D eigenvalue weighted by molar-refractivity contribution is 7.08. The molecule has 0 N–H and O–H groups in total. The van der Waals surface area contributed by atoms with Crippen LogP contribution in [0.2, 0.25) is 0 Å². The fourth-order valence-corrected chi connectivity index (χ4v) is 4.83. The Hall–Kier alpha value is -2.22. The number of thiophene rings is 1. The molecule has 140 valence electrons. The van der Waals surface area contributed by atoms with Crippen LogP contribution in [0.1, 0.15) is 17.8 Å². The highest BCUT2D eigenvalue weighted by Crippen LogP contribution is 2.36. The molecule has 0 amide bonds. The van der Waals surface area contributed by atoms with Gasteiger partial charge >= 0.3 is 0 Å². The van der Waals surface area contributed by atoms with E-state index in [0.717, 1.165) is 44.0 Å².